The molecule has 4 nitrogen and oxygen atoms in total. The lowest BCUT2D eigenvalue weighted by molar-refractivity contribution is 0.250. The monoisotopic (exact) mass is 366 g/mol. The quantitative estimate of drug-likeness (QED) is 0.660. The van der Waals surface area contributed by atoms with E-state index >= 15 is 0 Å². The molecule has 0 amide bonds. The number of rotatable bonds is 3. The zero-order valence-electron chi connectivity index (χ0n) is 15.7. The lowest BCUT2D eigenvalue weighted by Crippen LogP contribution is -2.46. The first-order valence-electron chi connectivity index (χ1n) is 9.26. The Kier molecular flexibility index (Phi) is 4.70. The summed E-state index contributed by atoms with van der Waals surface area (Å²) in [6.07, 6.45) is 0. The van der Waals surface area contributed by atoms with E-state index in [2.05, 4.69) is 22.8 Å². The summed E-state index contributed by atoms with van der Waals surface area (Å²) in [4.78, 5) is 16.6. The van der Waals surface area contributed by atoms with Gasteiger partial charge in [0.1, 0.15) is 11.4 Å². The molecule has 27 heavy (non-hydrogen) atoms. The molecule has 1 aliphatic heterocycles. The van der Waals surface area contributed by atoms with E-state index in [1.54, 1.807) is 6.07 Å². The van der Waals surface area contributed by atoms with Crippen molar-refractivity contribution in [3.05, 3.63) is 75.4 Å². The van der Waals surface area contributed by atoms with Crippen LogP contribution in [0.25, 0.3) is 11.0 Å². The van der Waals surface area contributed by atoms with Crippen LogP contribution >= 0.6 is 0 Å². The maximum absolute atomic E-state index is 13.1. The number of benzene rings is 2. The summed E-state index contributed by atoms with van der Waals surface area (Å²) in [5.41, 5.74) is 4.61. The summed E-state index contributed by atoms with van der Waals surface area (Å²) in [5.74, 6) is -0.210. The van der Waals surface area contributed by atoms with Crippen molar-refractivity contribution in [1.82, 2.24) is 4.90 Å². The second-order valence-electron chi connectivity index (χ2n) is 7.29. The van der Waals surface area contributed by atoms with Crippen LogP contribution in [0.5, 0.6) is 0 Å². The molecule has 0 aliphatic carbocycles. The first-order chi connectivity index (χ1) is 13.0. The van der Waals surface area contributed by atoms with E-state index in [9.17, 15) is 9.18 Å². The van der Waals surface area contributed by atoms with E-state index in [1.165, 1.54) is 12.1 Å². The lowest BCUT2D eigenvalue weighted by atomic mass is 10.0. The van der Waals surface area contributed by atoms with Gasteiger partial charge in [-0.1, -0.05) is 6.07 Å². The standard InChI is InChI=1S/C22H23FN2O2/c1-15-11-16(2)22-20(12-15)17(13-21(26)27-22)14-24-7-9-25(10-8-24)19-5-3-18(23)4-6-19/h3-6,11-13H,7-10,14H2,1-2H3. The van der Waals surface area contributed by atoms with Crippen molar-refractivity contribution in [2.45, 2.75) is 20.4 Å². The van der Waals surface area contributed by atoms with E-state index in [0.717, 1.165) is 60.5 Å². The molecule has 4 rings (SSSR count). The van der Waals surface area contributed by atoms with Crippen LogP contribution in [0.3, 0.4) is 0 Å². The first-order valence-corrected chi connectivity index (χ1v) is 9.26. The van der Waals surface area contributed by atoms with E-state index < -0.39 is 0 Å². The highest BCUT2D eigenvalue weighted by molar-refractivity contribution is 5.83. The number of hydrogen-bond donors (Lipinski definition) is 0. The zero-order valence-corrected chi connectivity index (χ0v) is 15.7. The summed E-state index contributed by atoms with van der Waals surface area (Å²) in [5, 5.41) is 1.02. The number of anilines is 1. The Balaban J connectivity index is 1.52. The summed E-state index contributed by atoms with van der Waals surface area (Å²) in [7, 11) is 0. The topological polar surface area (TPSA) is 36.7 Å². The number of piperazine rings is 1. The van der Waals surface area contributed by atoms with E-state index in [4.69, 9.17) is 4.42 Å². The van der Waals surface area contributed by atoms with Crippen molar-refractivity contribution in [3.63, 3.8) is 0 Å². The third-order valence-electron chi connectivity index (χ3n) is 5.22. The van der Waals surface area contributed by atoms with Crippen LogP contribution in [0.15, 0.2) is 51.7 Å². The van der Waals surface area contributed by atoms with Crippen LogP contribution in [0.4, 0.5) is 10.1 Å². The molecule has 0 unspecified atom stereocenters. The summed E-state index contributed by atoms with van der Waals surface area (Å²) >= 11 is 0. The second-order valence-corrected chi connectivity index (χ2v) is 7.29. The number of fused-ring (bicyclic) bond motifs is 1. The SMILES string of the molecule is Cc1cc(C)c2oc(=O)cc(CN3CCN(c4ccc(F)cc4)CC3)c2c1. The molecule has 1 saturated heterocycles. The molecule has 1 aromatic heterocycles. The van der Waals surface area contributed by atoms with Crippen molar-refractivity contribution in [2.75, 3.05) is 31.1 Å². The number of aryl methyl sites for hydroxylation is 2. The van der Waals surface area contributed by atoms with Crippen molar-refractivity contribution < 1.29 is 8.81 Å². The molecule has 0 N–H and O–H groups in total. The van der Waals surface area contributed by atoms with Gasteiger partial charge in [-0.2, -0.15) is 0 Å². The Bertz CT molecular complexity index is 1020. The Morgan fingerprint density at radius 2 is 1.70 bits per heavy atom. The molecule has 0 atom stereocenters. The molecule has 1 aliphatic rings. The van der Waals surface area contributed by atoms with Crippen LogP contribution in [0.2, 0.25) is 0 Å². The van der Waals surface area contributed by atoms with E-state index in [-0.39, 0.29) is 11.4 Å². The van der Waals surface area contributed by atoms with Crippen molar-refractivity contribution in [2.24, 2.45) is 0 Å². The Morgan fingerprint density at radius 1 is 1.00 bits per heavy atom. The minimum absolute atomic E-state index is 0.210. The highest BCUT2D eigenvalue weighted by atomic mass is 19.1. The highest BCUT2D eigenvalue weighted by Crippen LogP contribution is 2.24. The van der Waals surface area contributed by atoms with Gasteiger partial charge in [0.25, 0.3) is 0 Å². The number of halogens is 1. The van der Waals surface area contributed by atoms with Crippen molar-refractivity contribution >= 4 is 16.7 Å². The van der Waals surface area contributed by atoms with Crippen LogP contribution < -0.4 is 10.5 Å². The first kappa shape index (κ1) is 17.7. The van der Waals surface area contributed by atoms with Gasteiger partial charge in [-0.25, -0.2) is 9.18 Å². The zero-order chi connectivity index (χ0) is 19.0. The molecule has 2 aromatic carbocycles. The summed E-state index contributed by atoms with van der Waals surface area (Å²) in [6, 6.07) is 12.4. The lowest BCUT2D eigenvalue weighted by Gasteiger charge is -2.36. The van der Waals surface area contributed by atoms with Gasteiger partial charge in [-0.15, -0.1) is 0 Å². The van der Waals surface area contributed by atoms with E-state index in [1.807, 2.05) is 25.1 Å². The van der Waals surface area contributed by atoms with Gasteiger partial charge in [0, 0.05) is 49.9 Å². The van der Waals surface area contributed by atoms with Crippen LogP contribution in [0.1, 0.15) is 16.7 Å². The molecular weight excluding hydrogens is 343 g/mol. The molecule has 5 heteroatoms. The van der Waals surface area contributed by atoms with Gasteiger partial charge < -0.3 is 9.32 Å². The fraction of sp³-hybridized carbons (Fsp3) is 0.318. The molecule has 3 aromatic rings. The Labute approximate surface area is 157 Å². The Morgan fingerprint density at radius 3 is 2.41 bits per heavy atom. The molecular formula is C22H23FN2O2. The molecule has 2 heterocycles. The molecule has 0 spiro atoms. The number of nitrogens with zero attached hydrogens (tertiary/aromatic N) is 2. The maximum Gasteiger partial charge on any atom is 0.336 e. The molecule has 1 fully saturated rings. The molecule has 0 bridgehead atoms. The van der Waals surface area contributed by atoms with Gasteiger partial charge in [-0.05, 0) is 60.9 Å². The second kappa shape index (κ2) is 7.16. The van der Waals surface area contributed by atoms with Gasteiger partial charge >= 0.3 is 5.63 Å². The summed E-state index contributed by atoms with van der Waals surface area (Å²) < 4.78 is 18.6. The smallest absolute Gasteiger partial charge is 0.336 e. The Hall–Kier alpha value is -2.66. The number of hydrogen-bond acceptors (Lipinski definition) is 4. The largest absolute Gasteiger partial charge is 0.422 e. The molecule has 0 radical (unpaired) electrons. The van der Waals surface area contributed by atoms with Crippen LogP contribution in [-0.4, -0.2) is 31.1 Å². The maximum atomic E-state index is 13.1. The van der Waals surface area contributed by atoms with Crippen molar-refractivity contribution in [3.8, 4) is 0 Å². The van der Waals surface area contributed by atoms with Gasteiger partial charge in [0.2, 0.25) is 0 Å². The van der Waals surface area contributed by atoms with Gasteiger partial charge in [0.05, 0.1) is 0 Å². The average molecular weight is 366 g/mol. The van der Waals surface area contributed by atoms with Crippen LogP contribution in [-0.2, 0) is 6.54 Å². The minimum Gasteiger partial charge on any atom is -0.422 e. The summed E-state index contributed by atoms with van der Waals surface area (Å²) in [6.45, 7) is 8.30. The van der Waals surface area contributed by atoms with Gasteiger partial charge in [-0.3, -0.25) is 4.90 Å². The fourth-order valence-corrected chi connectivity index (χ4v) is 3.87. The molecule has 140 valence electrons. The van der Waals surface area contributed by atoms with Gasteiger partial charge in [0.15, 0.2) is 0 Å². The molecule has 0 saturated carbocycles. The van der Waals surface area contributed by atoms with Crippen LogP contribution in [0, 0.1) is 19.7 Å². The average Bonchev–Trinajstić information content (AvgIpc) is 2.64. The van der Waals surface area contributed by atoms with Crippen molar-refractivity contribution in [1.29, 1.82) is 0 Å². The van der Waals surface area contributed by atoms with E-state index in [0.29, 0.717) is 5.58 Å². The third-order valence-corrected chi connectivity index (χ3v) is 5.22. The normalized spacial score (nSPS) is 15.4. The predicted molar refractivity (Wildman–Crippen MR) is 106 cm³/mol. The highest BCUT2D eigenvalue weighted by Gasteiger charge is 2.19. The minimum atomic E-state index is -0.297. The third kappa shape index (κ3) is 3.74. The fourth-order valence-electron chi connectivity index (χ4n) is 3.87. The predicted octanol–water partition coefficient (Wildman–Crippen LogP) is 3.87.